The minimum atomic E-state index is -1.04. The Morgan fingerprint density at radius 1 is 1.32 bits per heavy atom. The molecule has 1 aromatic rings. The summed E-state index contributed by atoms with van der Waals surface area (Å²) in [6.07, 6.45) is 0.887. The molecule has 1 heterocycles. The number of carbonyl (C=O) groups is 3. The maximum absolute atomic E-state index is 13.4. The van der Waals surface area contributed by atoms with E-state index in [1.807, 2.05) is 0 Å². The van der Waals surface area contributed by atoms with Crippen molar-refractivity contribution >= 4 is 17.8 Å². The maximum atomic E-state index is 13.4. The third-order valence-electron chi connectivity index (χ3n) is 3.60. The Labute approximate surface area is 126 Å². The van der Waals surface area contributed by atoms with Crippen LogP contribution < -0.4 is 5.32 Å². The zero-order valence-electron chi connectivity index (χ0n) is 11.9. The minimum absolute atomic E-state index is 0.164. The highest BCUT2D eigenvalue weighted by Gasteiger charge is 2.33. The van der Waals surface area contributed by atoms with Crippen LogP contribution in [0.25, 0.3) is 0 Å². The second-order valence-electron chi connectivity index (χ2n) is 5.13. The summed E-state index contributed by atoms with van der Waals surface area (Å²) < 4.78 is 13.4. The van der Waals surface area contributed by atoms with Crippen LogP contribution in [0.1, 0.15) is 18.4 Å². The molecule has 0 bridgehead atoms. The highest BCUT2D eigenvalue weighted by molar-refractivity contribution is 5.88. The van der Waals surface area contributed by atoms with Crippen molar-refractivity contribution in [3.8, 4) is 0 Å². The summed E-state index contributed by atoms with van der Waals surface area (Å²) in [4.78, 5) is 36.0. The predicted octanol–water partition coefficient (Wildman–Crippen LogP) is 0.560. The van der Waals surface area contributed by atoms with E-state index in [9.17, 15) is 18.8 Å². The lowest BCUT2D eigenvalue weighted by Crippen LogP contribution is -2.45. The third kappa shape index (κ3) is 3.81. The minimum Gasteiger partial charge on any atom is -0.480 e. The Balaban J connectivity index is 1.85. The van der Waals surface area contributed by atoms with Gasteiger partial charge in [-0.2, -0.15) is 0 Å². The molecule has 1 atom stereocenters. The second kappa shape index (κ2) is 7.02. The number of carbonyl (C=O) groups excluding carboxylic acids is 2. The number of benzene rings is 1. The number of hydrogen-bond acceptors (Lipinski definition) is 3. The van der Waals surface area contributed by atoms with E-state index < -0.39 is 29.6 Å². The lowest BCUT2D eigenvalue weighted by atomic mass is 10.1. The van der Waals surface area contributed by atoms with Gasteiger partial charge in [0.1, 0.15) is 11.9 Å². The predicted molar refractivity (Wildman–Crippen MR) is 75.5 cm³/mol. The molecule has 0 spiro atoms. The van der Waals surface area contributed by atoms with Crippen LogP contribution in [0.4, 0.5) is 4.39 Å². The van der Waals surface area contributed by atoms with Crippen LogP contribution in [0.2, 0.25) is 0 Å². The summed E-state index contributed by atoms with van der Waals surface area (Å²) in [5, 5.41) is 11.4. The van der Waals surface area contributed by atoms with Gasteiger partial charge in [-0.15, -0.1) is 0 Å². The monoisotopic (exact) mass is 308 g/mol. The van der Waals surface area contributed by atoms with Crippen molar-refractivity contribution in [2.45, 2.75) is 25.3 Å². The highest BCUT2D eigenvalue weighted by Crippen LogP contribution is 2.17. The fraction of sp³-hybridized carbons (Fsp3) is 0.400. The lowest BCUT2D eigenvalue weighted by molar-refractivity contribution is -0.148. The van der Waals surface area contributed by atoms with Crippen molar-refractivity contribution in [1.82, 2.24) is 10.2 Å². The van der Waals surface area contributed by atoms with E-state index in [0.29, 0.717) is 19.4 Å². The van der Waals surface area contributed by atoms with Crippen LogP contribution in [0.5, 0.6) is 0 Å². The van der Waals surface area contributed by atoms with Crippen molar-refractivity contribution in [3.05, 3.63) is 35.6 Å². The molecule has 1 aliphatic rings. The van der Waals surface area contributed by atoms with Crippen molar-refractivity contribution < 1.29 is 23.9 Å². The van der Waals surface area contributed by atoms with Crippen LogP contribution in [0, 0.1) is 5.82 Å². The molecule has 0 radical (unpaired) electrons. The Kier molecular flexibility index (Phi) is 5.08. The van der Waals surface area contributed by atoms with Gasteiger partial charge in [-0.3, -0.25) is 9.59 Å². The van der Waals surface area contributed by atoms with Crippen molar-refractivity contribution in [2.75, 3.05) is 13.1 Å². The van der Waals surface area contributed by atoms with E-state index in [1.165, 1.54) is 23.1 Å². The Hall–Kier alpha value is -2.44. The van der Waals surface area contributed by atoms with Crippen LogP contribution in [0.3, 0.4) is 0 Å². The first kappa shape index (κ1) is 15.9. The number of aliphatic carboxylic acids is 1. The van der Waals surface area contributed by atoms with E-state index in [4.69, 9.17) is 5.11 Å². The van der Waals surface area contributed by atoms with Gasteiger partial charge in [0.15, 0.2) is 0 Å². The quantitative estimate of drug-likeness (QED) is 0.832. The largest absolute Gasteiger partial charge is 0.480 e. The fourth-order valence-corrected chi connectivity index (χ4v) is 2.47. The fourth-order valence-electron chi connectivity index (χ4n) is 2.47. The van der Waals surface area contributed by atoms with Gasteiger partial charge in [0.05, 0.1) is 13.0 Å². The first-order valence-electron chi connectivity index (χ1n) is 7.01. The average Bonchev–Trinajstić information content (AvgIpc) is 2.97. The van der Waals surface area contributed by atoms with Crippen molar-refractivity contribution in [2.24, 2.45) is 0 Å². The summed E-state index contributed by atoms with van der Waals surface area (Å²) in [6.45, 7) is 0.0933. The van der Waals surface area contributed by atoms with E-state index in [0.717, 1.165) is 0 Å². The number of carboxylic acid groups (broad SMARTS) is 1. The van der Waals surface area contributed by atoms with Gasteiger partial charge in [-0.25, -0.2) is 9.18 Å². The molecule has 0 unspecified atom stereocenters. The van der Waals surface area contributed by atoms with Gasteiger partial charge in [0, 0.05) is 6.54 Å². The van der Waals surface area contributed by atoms with Gasteiger partial charge < -0.3 is 15.3 Å². The number of likely N-dealkylation sites (tertiary alicyclic amines) is 1. The zero-order valence-corrected chi connectivity index (χ0v) is 11.9. The molecule has 6 nitrogen and oxygen atoms in total. The Morgan fingerprint density at radius 2 is 2.05 bits per heavy atom. The standard InChI is InChI=1S/C15H17FN2O4/c16-11-5-2-1-4-10(11)8-13(19)17-9-14(20)18-7-3-6-12(18)15(21)22/h1-2,4-5,12H,3,6-9H2,(H,17,19)(H,21,22)/t12-/m0/s1. The first-order valence-corrected chi connectivity index (χ1v) is 7.01. The molecular formula is C15H17FN2O4. The van der Waals surface area contributed by atoms with E-state index in [-0.39, 0.29) is 18.5 Å². The number of nitrogens with zero attached hydrogens (tertiary/aromatic N) is 1. The SMILES string of the molecule is O=C(Cc1ccccc1F)NCC(=O)N1CCC[C@H]1C(=O)O. The molecule has 1 fully saturated rings. The first-order chi connectivity index (χ1) is 10.5. The zero-order chi connectivity index (χ0) is 16.1. The molecule has 1 aliphatic heterocycles. The summed E-state index contributed by atoms with van der Waals surface area (Å²) in [5.74, 6) is -2.44. The molecule has 2 rings (SSSR count). The Bertz CT molecular complexity index is 591. The van der Waals surface area contributed by atoms with E-state index in [2.05, 4.69) is 5.32 Å². The van der Waals surface area contributed by atoms with E-state index in [1.54, 1.807) is 6.07 Å². The Morgan fingerprint density at radius 3 is 2.73 bits per heavy atom. The van der Waals surface area contributed by atoms with Gasteiger partial charge in [0.2, 0.25) is 11.8 Å². The number of hydrogen-bond donors (Lipinski definition) is 2. The van der Waals surface area contributed by atoms with Gasteiger partial charge in [-0.05, 0) is 24.5 Å². The average molecular weight is 308 g/mol. The molecule has 0 aromatic heterocycles. The van der Waals surface area contributed by atoms with Gasteiger partial charge >= 0.3 is 5.97 Å². The molecule has 22 heavy (non-hydrogen) atoms. The molecule has 2 N–H and O–H groups in total. The number of nitrogens with one attached hydrogen (secondary N) is 1. The van der Waals surface area contributed by atoms with Gasteiger partial charge in [-0.1, -0.05) is 18.2 Å². The number of halogens is 1. The molecule has 7 heteroatoms. The van der Waals surface area contributed by atoms with Crippen LogP contribution in [-0.4, -0.2) is 46.9 Å². The van der Waals surface area contributed by atoms with Crippen molar-refractivity contribution in [3.63, 3.8) is 0 Å². The summed E-state index contributed by atoms with van der Waals surface area (Å²) >= 11 is 0. The van der Waals surface area contributed by atoms with Crippen LogP contribution in [-0.2, 0) is 20.8 Å². The van der Waals surface area contributed by atoms with Crippen LogP contribution >= 0.6 is 0 Å². The third-order valence-corrected chi connectivity index (χ3v) is 3.60. The molecule has 2 amide bonds. The maximum Gasteiger partial charge on any atom is 0.326 e. The smallest absolute Gasteiger partial charge is 0.326 e. The summed E-state index contributed by atoms with van der Waals surface area (Å²) in [5.41, 5.74) is 0.247. The summed E-state index contributed by atoms with van der Waals surface area (Å²) in [7, 11) is 0. The lowest BCUT2D eigenvalue weighted by Gasteiger charge is -2.21. The second-order valence-corrected chi connectivity index (χ2v) is 5.13. The highest BCUT2D eigenvalue weighted by atomic mass is 19.1. The number of rotatable bonds is 5. The molecule has 1 aromatic carbocycles. The van der Waals surface area contributed by atoms with Crippen molar-refractivity contribution in [1.29, 1.82) is 0 Å². The van der Waals surface area contributed by atoms with Gasteiger partial charge in [0.25, 0.3) is 0 Å². The van der Waals surface area contributed by atoms with E-state index >= 15 is 0 Å². The number of carboxylic acids is 1. The molecule has 0 saturated carbocycles. The molecule has 1 saturated heterocycles. The molecule has 118 valence electrons. The number of amides is 2. The summed E-state index contributed by atoms with van der Waals surface area (Å²) in [6, 6.07) is 5.08. The topological polar surface area (TPSA) is 86.7 Å². The normalized spacial score (nSPS) is 17.3. The molecular weight excluding hydrogens is 291 g/mol. The molecule has 0 aliphatic carbocycles. The van der Waals surface area contributed by atoms with Crippen LogP contribution in [0.15, 0.2) is 24.3 Å².